The minimum absolute atomic E-state index is 0.307. The Morgan fingerprint density at radius 1 is 1.46 bits per heavy atom. The second kappa shape index (κ2) is 6.05. The highest BCUT2D eigenvalue weighted by atomic mass is 16.5. The van der Waals surface area contributed by atoms with E-state index in [4.69, 9.17) is 0 Å². The maximum absolute atomic E-state index is 11.0. The molecule has 0 aliphatic heterocycles. The second-order valence-corrected chi connectivity index (χ2v) is 2.24. The molecule has 0 aliphatic carbocycles. The van der Waals surface area contributed by atoms with E-state index < -0.39 is 18.1 Å². The van der Waals surface area contributed by atoms with Crippen LogP contribution in [0.5, 0.6) is 0 Å². The lowest BCUT2D eigenvalue weighted by Gasteiger charge is -2.13. The van der Waals surface area contributed by atoms with Crippen molar-refractivity contribution in [3.63, 3.8) is 0 Å². The molecule has 0 fully saturated rings. The maximum atomic E-state index is 11.0. The Hall–Kier alpha value is -1.52. The molecule has 5 heteroatoms. The predicted molar refractivity (Wildman–Crippen MR) is 46.2 cm³/mol. The van der Waals surface area contributed by atoms with E-state index in [1.807, 2.05) is 0 Å². The van der Waals surface area contributed by atoms with E-state index in [1.165, 1.54) is 20.3 Å². The fourth-order valence-corrected chi connectivity index (χ4v) is 0.724. The zero-order valence-corrected chi connectivity index (χ0v) is 7.70. The lowest BCUT2D eigenvalue weighted by Crippen LogP contribution is -2.41. The summed E-state index contributed by atoms with van der Waals surface area (Å²) in [4.78, 5) is 21.8. The molecule has 1 atom stereocenters. The third-order valence-corrected chi connectivity index (χ3v) is 1.37. The van der Waals surface area contributed by atoms with Gasteiger partial charge in [-0.15, -0.1) is 6.58 Å². The molecule has 74 valence electrons. The first-order valence-corrected chi connectivity index (χ1v) is 3.69. The van der Waals surface area contributed by atoms with Crippen LogP contribution >= 0.6 is 0 Å². The number of carbonyl (C=O) groups excluding carboxylic acids is 2. The second-order valence-electron chi connectivity index (χ2n) is 2.24. The number of rotatable bonds is 4. The van der Waals surface area contributed by atoms with Gasteiger partial charge in [0.05, 0.1) is 14.2 Å². The summed E-state index contributed by atoms with van der Waals surface area (Å²) in [6.45, 7) is 3.45. The summed E-state index contributed by atoms with van der Waals surface area (Å²) in [7, 11) is 2.47. The topological polar surface area (TPSA) is 64.6 Å². The maximum Gasteiger partial charge on any atom is 0.407 e. The van der Waals surface area contributed by atoms with Crippen molar-refractivity contribution >= 4 is 12.1 Å². The molecular formula is C8H13NO4. The summed E-state index contributed by atoms with van der Waals surface area (Å²) in [6, 6.07) is -0.727. The van der Waals surface area contributed by atoms with E-state index in [0.717, 1.165) is 0 Å². The molecule has 0 radical (unpaired) electrons. The molecule has 0 spiro atoms. The third-order valence-electron chi connectivity index (χ3n) is 1.37. The molecule has 0 saturated heterocycles. The fourth-order valence-electron chi connectivity index (χ4n) is 0.724. The lowest BCUT2D eigenvalue weighted by molar-refractivity contribution is -0.142. The monoisotopic (exact) mass is 187 g/mol. The zero-order valence-electron chi connectivity index (χ0n) is 7.70. The average Bonchev–Trinajstić information content (AvgIpc) is 2.15. The first kappa shape index (κ1) is 11.5. The highest BCUT2D eigenvalue weighted by Gasteiger charge is 2.19. The molecule has 1 unspecified atom stereocenters. The average molecular weight is 187 g/mol. The van der Waals surface area contributed by atoms with Gasteiger partial charge in [-0.2, -0.15) is 0 Å². The van der Waals surface area contributed by atoms with Gasteiger partial charge in [0, 0.05) is 0 Å². The quantitative estimate of drug-likeness (QED) is 0.513. The van der Waals surface area contributed by atoms with Crippen molar-refractivity contribution in [1.82, 2.24) is 5.32 Å². The van der Waals surface area contributed by atoms with Crippen LogP contribution in [-0.4, -0.2) is 32.3 Å². The van der Waals surface area contributed by atoms with Crippen LogP contribution in [0, 0.1) is 0 Å². The molecule has 0 bridgehead atoms. The van der Waals surface area contributed by atoms with Gasteiger partial charge in [-0.1, -0.05) is 6.08 Å². The Balaban J connectivity index is 4.16. The predicted octanol–water partition coefficient (Wildman–Crippen LogP) is 0.460. The number of nitrogens with one attached hydrogen (secondary N) is 1. The number of alkyl carbamates (subject to hydrolysis) is 1. The van der Waals surface area contributed by atoms with Gasteiger partial charge in [0.25, 0.3) is 0 Å². The normalized spacial score (nSPS) is 11.2. The molecule has 1 N–H and O–H groups in total. The highest BCUT2D eigenvalue weighted by molar-refractivity contribution is 5.81. The van der Waals surface area contributed by atoms with E-state index in [1.54, 1.807) is 0 Å². The van der Waals surface area contributed by atoms with Crippen LogP contribution in [-0.2, 0) is 14.3 Å². The van der Waals surface area contributed by atoms with E-state index >= 15 is 0 Å². The molecule has 0 heterocycles. The van der Waals surface area contributed by atoms with Crippen molar-refractivity contribution < 1.29 is 19.1 Å². The molecule has 0 aromatic carbocycles. The first-order valence-electron chi connectivity index (χ1n) is 3.69. The summed E-state index contributed by atoms with van der Waals surface area (Å²) in [6.07, 6.45) is 1.15. The Morgan fingerprint density at radius 2 is 2.08 bits per heavy atom. The number of hydrogen-bond acceptors (Lipinski definition) is 4. The minimum atomic E-state index is -0.727. The Morgan fingerprint density at radius 3 is 2.46 bits per heavy atom. The molecule has 5 nitrogen and oxygen atoms in total. The number of ether oxygens (including phenoxy) is 2. The summed E-state index contributed by atoms with van der Waals surface area (Å²) in [5.41, 5.74) is 0. The summed E-state index contributed by atoms with van der Waals surface area (Å²) in [5, 5.41) is 2.31. The largest absolute Gasteiger partial charge is 0.467 e. The van der Waals surface area contributed by atoms with Crippen LogP contribution < -0.4 is 5.32 Å². The van der Waals surface area contributed by atoms with Gasteiger partial charge in [-0.3, -0.25) is 0 Å². The lowest BCUT2D eigenvalue weighted by atomic mass is 10.2. The number of esters is 1. The molecule has 0 rings (SSSR count). The van der Waals surface area contributed by atoms with Gasteiger partial charge >= 0.3 is 12.1 Å². The molecule has 0 aromatic heterocycles. The van der Waals surface area contributed by atoms with Crippen LogP contribution in [0.1, 0.15) is 6.42 Å². The summed E-state index contributed by atoms with van der Waals surface area (Å²) < 4.78 is 8.78. The van der Waals surface area contributed by atoms with Gasteiger partial charge in [0.2, 0.25) is 0 Å². The standard InChI is InChI=1S/C8H13NO4/c1-4-5-6(7(10)12-2)9-8(11)13-3/h4,6H,1,5H2,2-3H3,(H,9,11). The summed E-state index contributed by atoms with van der Waals surface area (Å²) in [5.74, 6) is -0.523. The Kier molecular flexibility index (Phi) is 5.34. The van der Waals surface area contributed by atoms with Crippen molar-refractivity contribution in [1.29, 1.82) is 0 Å². The Bertz CT molecular complexity index is 202. The van der Waals surface area contributed by atoms with Crippen LogP contribution in [0.25, 0.3) is 0 Å². The van der Waals surface area contributed by atoms with Crippen molar-refractivity contribution in [2.75, 3.05) is 14.2 Å². The first-order chi connectivity index (χ1) is 6.15. The molecule has 0 aromatic rings. The van der Waals surface area contributed by atoms with Crippen LogP contribution in [0.2, 0.25) is 0 Å². The molecule has 1 amide bonds. The van der Waals surface area contributed by atoms with E-state index in [2.05, 4.69) is 21.4 Å². The zero-order chi connectivity index (χ0) is 10.3. The van der Waals surface area contributed by atoms with E-state index in [-0.39, 0.29) is 0 Å². The highest BCUT2D eigenvalue weighted by Crippen LogP contribution is 1.96. The Labute approximate surface area is 76.7 Å². The third kappa shape index (κ3) is 4.15. The fraction of sp³-hybridized carbons (Fsp3) is 0.500. The van der Waals surface area contributed by atoms with Crippen molar-refractivity contribution in [3.8, 4) is 0 Å². The van der Waals surface area contributed by atoms with Gasteiger partial charge in [-0.05, 0) is 6.42 Å². The van der Waals surface area contributed by atoms with Crippen LogP contribution in [0.3, 0.4) is 0 Å². The molecule has 13 heavy (non-hydrogen) atoms. The number of amides is 1. The van der Waals surface area contributed by atoms with Crippen LogP contribution in [0.15, 0.2) is 12.7 Å². The number of methoxy groups -OCH3 is 2. The number of hydrogen-bond donors (Lipinski definition) is 1. The minimum Gasteiger partial charge on any atom is -0.467 e. The van der Waals surface area contributed by atoms with E-state index in [0.29, 0.717) is 6.42 Å². The van der Waals surface area contributed by atoms with Crippen molar-refractivity contribution in [2.45, 2.75) is 12.5 Å². The van der Waals surface area contributed by atoms with Crippen molar-refractivity contribution in [3.05, 3.63) is 12.7 Å². The summed E-state index contributed by atoms with van der Waals surface area (Å²) >= 11 is 0. The van der Waals surface area contributed by atoms with Gasteiger partial charge in [0.1, 0.15) is 6.04 Å². The molecule has 0 saturated carbocycles. The van der Waals surface area contributed by atoms with E-state index in [9.17, 15) is 9.59 Å². The van der Waals surface area contributed by atoms with Gasteiger partial charge < -0.3 is 14.8 Å². The van der Waals surface area contributed by atoms with Gasteiger partial charge in [0.15, 0.2) is 0 Å². The van der Waals surface area contributed by atoms with Crippen LogP contribution in [0.4, 0.5) is 4.79 Å². The SMILES string of the molecule is C=CCC(NC(=O)OC)C(=O)OC. The smallest absolute Gasteiger partial charge is 0.407 e. The molecular weight excluding hydrogens is 174 g/mol. The molecule has 0 aliphatic rings. The van der Waals surface area contributed by atoms with Gasteiger partial charge in [-0.25, -0.2) is 9.59 Å². The number of carbonyl (C=O) groups is 2. The van der Waals surface area contributed by atoms with Crippen molar-refractivity contribution in [2.24, 2.45) is 0 Å².